The molecule has 1 aliphatic rings. The minimum absolute atomic E-state index is 0.133. The number of amides is 1. The van der Waals surface area contributed by atoms with E-state index in [-0.39, 0.29) is 17.3 Å². The minimum Gasteiger partial charge on any atom is -0.399 e. The Hall–Kier alpha value is -2.36. The molecule has 0 aromatic heterocycles. The summed E-state index contributed by atoms with van der Waals surface area (Å²) in [5.41, 5.74) is 7.41. The van der Waals surface area contributed by atoms with Gasteiger partial charge in [-0.1, -0.05) is 12.1 Å². The lowest BCUT2D eigenvalue weighted by atomic mass is 10.0. The second-order valence-electron chi connectivity index (χ2n) is 5.17. The number of benzene rings is 2. The molecule has 0 bridgehead atoms. The van der Waals surface area contributed by atoms with Gasteiger partial charge in [0, 0.05) is 11.3 Å². The Kier molecular flexibility index (Phi) is 2.93. The predicted octanol–water partition coefficient (Wildman–Crippen LogP) is 2.83. The van der Waals surface area contributed by atoms with Crippen molar-refractivity contribution in [2.75, 3.05) is 5.73 Å². The van der Waals surface area contributed by atoms with Gasteiger partial charge in [0.25, 0.3) is 5.91 Å². The predicted molar refractivity (Wildman–Crippen MR) is 75.6 cm³/mol. The first-order valence-electron chi connectivity index (χ1n) is 6.53. The van der Waals surface area contributed by atoms with Gasteiger partial charge in [0.1, 0.15) is 5.82 Å². The summed E-state index contributed by atoms with van der Waals surface area (Å²) in [6, 6.07) is 13.1. The summed E-state index contributed by atoms with van der Waals surface area (Å²) >= 11 is 0. The third kappa shape index (κ3) is 2.37. The van der Waals surface area contributed by atoms with Crippen LogP contribution in [0.25, 0.3) is 0 Å². The molecule has 1 saturated carbocycles. The number of rotatable bonds is 3. The molecule has 2 aromatic rings. The van der Waals surface area contributed by atoms with Crippen molar-refractivity contribution in [3.8, 4) is 0 Å². The first-order valence-corrected chi connectivity index (χ1v) is 6.53. The van der Waals surface area contributed by atoms with E-state index in [9.17, 15) is 9.18 Å². The fourth-order valence-corrected chi connectivity index (χ4v) is 2.30. The van der Waals surface area contributed by atoms with Gasteiger partial charge in [-0.2, -0.15) is 0 Å². The van der Waals surface area contributed by atoms with Gasteiger partial charge in [0.15, 0.2) is 0 Å². The van der Waals surface area contributed by atoms with Crippen molar-refractivity contribution in [2.24, 2.45) is 0 Å². The van der Waals surface area contributed by atoms with Crippen molar-refractivity contribution in [2.45, 2.75) is 18.4 Å². The zero-order valence-corrected chi connectivity index (χ0v) is 10.9. The first kappa shape index (κ1) is 12.7. The molecule has 0 heterocycles. The molecular formula is C16H15FN2O. The summed E-state index contributed by atoms with van der Waals surface area (Å²) in [6.45, 7) is 0. The molecule has 102 valence electrons. The zero-order valence-electron chi connectivity index (χ0n) is 10.9. The molecule has 0 saturated heterocycles. The van der Waals surface area contributed by atoms with Crippen molar-refractivity contribution in [1.82, 2.24) is 5.32 Å². The summed E-state index contributed by atoms with van der Waals surface area (Å²) in [5.74, 6) is -0.402. The van der Waals surface area contributed by atoms with Crippen molar-refractivity contribution < 1.29 is 9.18 Å². The number of carbonyl (C=O) groups is 1. The van der Waals surface area contributed by atoms with E-state index in [4.69, 9.17) is 5.73 Å². The van der Waals surface area contributed by atoms with Gasteiger partial charge >= 0.3 is 0 Å². The van der Waals surface area contributed by atoms with Gasteiger partial charge in [-0.25, -0.2) is 4.39 Å². The minimum atomic E-state index is -0.341. The van der Waals surface area contributed by atoms with E-state index < -0.39 is 0 Å². The van der Waals surface area contributed by atoms with Crippen molar-refractivity contribution in [1.29, 1.82) is 0 Å². The molecule has 0 spiro atoms. The van der Waals surface area contributed by atoms with Crippen LogP contribution in [0.1, 0.15) is 28.8 Å². The summed E-state index contributed by atoms with van der Waals surface area (Å²) in [5, 5.41) is 3.04. The Balaban J connectivity index is 1.78. The zero-order chi connectivity index (χ0) is 14.2. The Morgan fingerprint density at radius 1 is 1.05 bits per heavy atom. The van der Waals surface area contributed by atoms with Crippen LogP contribution in [0.3, 0.4) is 0 Å². The number of carbonyl (C=O) groups excluding carboxylic acids is 1. The van der Waals surface area contributed by atoms with Crippen LogP contribution in [-0.4, -0.2) is 5.91 Å². The molecule has 1 aliphatic carbocycles. The highest BCUT2D eigenvalue weighted by molar-refractivity contribution is 5.95. The van der Waals surface area contributed by atoms with Gasteiger partial charge in [0.05, 0.1) is 5.54 Å². The summed E-state index contributed by atoms with van der Waals surface area (Å²) in [4.78, 5) is 12.2. The highest BCUT2D eigenvalue weighted by atomic mass is 19.1. The van der Waals surface area contributed by atoms with Crippen LogP contribution < -0.4 is 11.1 Å². The Bertz CT molecular complexity index is 631. The molecular weight excluding hydrogens is 255 g/mol. The molecule has 0 unspecified atom stereocenters. The average molecular weight is 270 g/mol. The van der Waals surface area contributed by atoms with E-state index in [0.29, 0.717) is 11.3 Å². The number of halogens is 1. The Labute approximate surface area is 116 Å². The third-order valence-electron chi connectivity index (χ3n) is 3.67. The second-order valence-corrected chi connectivity index (χ2v) is 5.17. The quantitative estimate of drug-likeness (QED) is 0.843. The van der Waals surface area contributed by atoms with Crippen molar-refractivity contribution in [3.63, 3.8) is 0 Å². The Morgan fingerprint density at radius 3 is 2.20 bits per heavy atom. The summed E-state index contributed by atoms with van der Waals surface area (Å²) in [7, 11) is 0. The van der Waals surface area contributed by atoms with Gasteiger partial charge < -0.3 is 11.1 Å². The van der Waals surface area contributed by atoms with E-state index in [2.05, 4.69) is 5.32 Å². The fraction of sp³-hybridized carbons (Fsp3) is 0.188. The molecule has 1 amide bonds. The smallest absolute Gasteiger partial charge is 0.251 e. The van der Waals surface area contributed by atoms with Crippen molar-refractivity contribution in [3.05, 3.63) is 65.5 Å². The summed E-state index contributed by atoms with van der Waals surface area (Å²) < 4.78 is 13.0. The summed E-state index contributed by atoms with van der Waals surface area (Å²) in [6.07, 6.45) is 1.75. The van der Waals surface area contributed by atoms with Crippen molar-refractivity contribution >= 4 is 11.6 Å². The third-order valence-corrected chi connectivity index (χ3v) is 3.67. The molecule has 0 aliphatic heterocycles. The standard InChI is InChI=1S/C16H15FN2O/c17-13-5-3-12(4-6-13)16(9-10-16)19-15(20)11-1-7-14(18)8-2-11/h1-8H,9-10,18H2,(H,19,20). The van der Waals surface area contributed by atoms with Crippen LogP contribution in [-0.2, 0) is 5.54 Å². The molecule has 3 N–H and O–H groups in total. The topological polar surface area (TPSA) is 55.1 Å². The molecule has 3 nitrogen and oxygen atoms in total. The fourth-order valence-electron chi connectivity index (χ4n) is 2.30. The molecule has 1 fully saturated rings. The van der Waals surface area contributed by atoms with Gasteiger partial charge in [-0.3, -0.25) is 4.79 Å². The van der Waals surface area contributed by atoms with Crippen LogP contribution >= 0.6 is 0 Å². The average Bonchev–Trinajstić information content (AvgIpc) is 3.21. The van der Waals surface area contributed by atoms with E-state index in [1.807, 2.05) is 0 Å². The maximum atomic E-state index is 13.0. The number of nitrogen functional groups attached to an aromatic ring is 1. The maximum absolute atomic E-state index is 13.0. The van der Waals surface area contributed by atoms with Crippen LogP contribution in [0.15, 0.2) is 48.5 Å². The normalized spacial score (nSPS) is 15.7. The van der Waals surface area contributed by atoms with Crippen LogP contribution in [0.5, 0.6) is 0 Å². The second kappa shape index (κ2) is 4.63. The van der Waals surface area contributed by atoms with E-state index in [1.54, 1.807) is 36.4 Å². The number of hydrogen-bond donors (Lipinski definition) is 2. The molecule has 4 heteroatoms. The van der Waals surface area contributed by atoms with Gasteiger partial charge in [-0.15, -0.1) is 0 Å². The largest absolute Gasteiger partial charge is 0.399 e. The highest BCUT2D eigenvalue weighted by Crippen LogP contribution is 2.45. The van der Waals surface area contributed by atoms with E-state index in [0.717, 1.165) is 18.4 Å². The number of nitrogens with one attached hydrogen (secondary N) is 1. The monoisotopic (exact) mass is 270 g/mol. The molecule has 0 radical (unpaired) electrons. The molecule has 2 aromatic carbocycles. The van der Waals surface area contributed by atoms with E-state index >= 15 is 0 Å². The lowest BCUT2D eigenvalue weighted by molar-refractivity contribution is 0.0931. The molecule has 0 atom stereocenters. The van der Waals surface area contributed by atoms with Gasteiger partial charge in [0.2, 0.25) is 0 Å². The van der Waals surface area contributed by atoms with E-state index in [1.165, 1.54) is 12.1 Å². The maximum Gasteiger partial charge on any atom is 0.251 e. The van der Waals surface area contributed by atoms with Gasteiger partial charge in [-0.05, 0) is 54.8 Å². The number of anilines is 1. The number of hydrogen-bond acceptors (Lipinski definition) is 2. The highest BCUT2D eigenvalue weighted by Gasteiger charge is 2.45. The first-order chi connectivity index (χ1) is 9.59. The molecule has 20 heavy (non-hydrogen) atoms. The lowest BCUT2D eigenvalue weighted by Crippen LogP contribution is -2.34. The number of nitrogens with two attached hydrogens (primary N) is 1. The lowest BCUT2D eigenvalue weighted by Gasteiger charge is -2.18. The molecule has 3 rings (SSSR count). The SMILES string of the molecule is Nc1ccc(C(=O)NC2(c3ccc(F)cc3)CC2)cc1. The van der Waals surface area contributed by atoms with Crippen LogP contribution in [0.2, 0.25) is 0 Å². The van der Waals surface area contributed by atoms with Crippen LogP contribution in [0.4, 0.5) is 10.1 Å². The van der Waals surface area contributed by atoms with Crippen LogP contribution in [0, 0.1) is 5.82 Å². The Morgan fingerprint density at radius 2 is 1.65 bits per heavy atom.